The van der Waals surface area contributed by atoms with Crippen molar-refractivity contribution in [2.45, 2.75) is 51.4 Å². The van der Waals surface area contributed by atoms with Crippen LogP contribution in [-0.2, 0) is 14.3 Å². The van der Waals surface area contributed by atoms with Crippen molar-refractivity contribution in [3.63, 3.8) is 0 Å². The Morgan fingerprint density at radius 2 is 1.85 bits per heavy atom. The zero-order chi connectivity index (χ0) is 18.8. The molecule has 1 saturated carbocycles. The topological polar surface area (TPSA) is 60.4 Å². The highest BCUT2D eigenvalue weighted by molar-refractivity contribution is 6.04. The summed E-state index contributed by atoms with van der Waals surface area (Å²) in [5.74, 6) is 0.359. The lowest BCUT2D eigenvalue weighted by Crippen LogP contribution is -2.13. The molecule has 1 aliphatic carbocycles. The van der Waals surface area contributed by atoms with Crippen LogP contribution in [0.1, 0.15) is 61.7 Å². The van der Waals surface area contributed by atoms with E-state index in [-0.39, 0.29) is 23.6 Å². The van der Waals surface area contributed by atoms with Gasteiger partial charge in [0, 0.05) is 24.3 Å². The summed E-state index contributed by atoms with van der Waals surface area (Å²) in [7, 11) is 1.41. The fourth-order valence-corrected chi connectivity index (χ4v) is 3.54. The van der Waals surface area contributed by atoms with Crippen LogP contribution in [-0.4, -0.2) is 24.6 Å². The number of carbonyl (C=O) groups is 3. The van der Waals surface area contributed by atoms with Gasteiger partial charge in [0.05, 0.1) is 7.11 Å². The van der Waals surface area contributed by atoms with Crippen LogP contribution in [0.25, 0.3) is 0 Å². The number of hydrogen-bond acceptors (Lipinski definition) is 4. The van der Waals surface area contributed by atoms with Crippen LogP contribution in [0, 0.1) is 11.8 Å². The van der Waals surface area contributed by atoms with E-state index in [0.717, 1.165) is 38.5 Å². The Kier molecular flexibility index (Phi) is 8.26. The summed E-state index contributed by atoms with van der Waals surface area (Å²) in [6.07, 6.45) is 10.1. The number of hydrogen-bond donors (Lipinski definition) is 0. The van der Waals surface area contributed by atoms with Crippen LogP contribution in [0.4, 0.5) is 0 Å². The summed E-state index contributed by atoms with van der Waals surface area (Å²) in [5, 5.41) is 0. The van der Waals surface area contributed by atoms with Crippen molar-refractivity contribution in [3.8, 4) is 0 Å². The third-order valence-corrected chi connectivity index (χ3v) is 5.08. The fraction of sp³-hybridized carbons (Fsp3) is 0.500. The Labute approximate surface area is 155 Å². The van der Waals surface area contributed by atoms with Crippen LogP contribution >= 0.6 is 0 Å². The smallest absolute Gasteiger partial charge is 0.305 e. The minimum atomic E-state index is -0.163. The normalized spacial score (nSPS) is 19.8. The van der Waals surface area contributed by atoms with E-state index in [1.165, 1.54) is 7.11 Å². The number of carbonyl (C=O) groups excluding carboxylic acids is 3. The molecule has 0 bridgehead atoms. The van der Waals surface area contributed by atoms with E-state index in [1.54, 1.807) is 18.2 Å². The predicted molar refractivity (Wildman–Crippen MR) is 101 cm³/mol. The monoisotopic (exact) mass is 356 g/mol. The van der Waals surface area contributed by atoms with E-state index in [9.17, 15) is 14.4 Å². The molecule has 0 N–H and O–H groups in total. The van der Waals surface area contributed by atoms with Gasteiger partial charge in [0.15, 0.2) is 5.78 Å². The Hall–Kier alpha value is -2.23. The lowest BCUT2D eigenvalue weighted by molar-refractivity contribution is -0.140. The van der Waals surface area contributed by atoms with E-state index in [2.05, 4.69) is 4.74 Å². The standard InChI is InChI=1S/C22H28O4/c1-26-22(25)12-8-3-2-7-11-19-17(14-16-21(19)24)13-15-20(23)18-9-5-4-6-10-18/h4-6,9-10,13,15,17,19H,2-3,7-8,11-12,14,16H2,1H3. The van der Waals surface area contributed by atoms with Crippen LogP contribution in [0.5, 0.6) is 0 Å². The SMILES string of the molecule is COC(=O)CCCCCCC1C(=O)CCC1C=CC(=O)c1ccccc1. The Balaban J connectivity index is 1.76. The molecule has 1 aliphatic rings. The van der Waals surface area contributed by atoms with E-state index >= 15 is 0 Å². The molecule has 140 valence electrons. The molecule has 0 aliphatic heterocycles. The first-order valence-corrected chi connectivity index (χ1v) is 9.49. The molecule has 2 rings (SSSR count). The molecular weight excluding hydrogens is 328 g/mol. The number of ether oxygens (including phenoxy) is 1. The maximum absolute atomic E-state index is 12.2. The van der Waals surface area contributed by atoms with Crippen LogP contribution in [0.3, 0.4) is 0 Å². The van der Waals surface area contributed by atoms with Gasteiger partial charge in [-0.15, -0.1) is 0 Å². The number of methoxy groups -OCH3 is 1. The van der Waals surface area contributed by atoms with Crippen molar-refractivity contribution in [2.24, 2.45) is 11.8 Å². The molecule has 2 atom stereocenters. The summed E-state index contributed by atoms with van der Waals surface area (Å²) in [4.78, 5) is 35.4. The van der Waals surface area contributed by atoms with Crippen molar-refractivity contribution in [1.29, 1.82) is 0 Å². The summed E-state index contributed by atoms with van der Waals surface area (Å²) >= 11 is 0. The highest BCUT2D eigenvalue weighted by atomic mass is 16.5. The van der Waals surface area contributed by atoms with Gasteiger partial charge in [-0.3, -0.25) is 14.4 Å². The minimum Gasteiger partial charge on any atom is -0.469 e. The number of benzene rings is 1. The second kappa shape index (κ2) is 10.7. The first kappa shape index (κ1) is 20.1. The highest BCUT2D eigenvalue weighted by Gasteiger charge is 2.32. The molecule has 1 fully saturated rings. The molecular formula is C22H28O4. The van der Waals surface area contributed by atoms with Gasteiger partial charge in [0.2, 0.25) is 0 Å². The van der Waals surface area contributed by atoms with E-state index in [0.29, 0.717) is 24.2 Å². The second-order valence-corrected chi connectivity index (χ2v) is 6.89. The summed E-state index contributed by atoms with van der Waals surface area (Å²) in [5.41, 5.74) is 0.676. The zero-order valence-electron chi connectivity index (χ0n) is 15.5. The number of ketones is 2. The highest BCUT2D eigenvalue weighted by Crippen LogP contribution is 2.33. The van der Waals surface area contributed by atoms with Gasteiger partial charge in [-0.05, 0) is 31.3 Å². The van der Waals surface area contributed by atoms with Crippen LogP contribution in [0.15, 0.2) is 42.5 Å². The van der Waals surface area contributed by atoms with Gasteiger partial charge in [0.25, 0.3) is 0 Å². The Morgan fingerprint density at radius 3 is 2.58 bits per heavy atom. The summed E-state index contributed by atoms with van der Waals surface area (Å²) < 4.78 is 4.63. The van der Waals surface area contributed by atoms with Gasteiger partial charge in [-0.2, -0.15) is 0 Å². The third kappa shape index (κ3) is 6.25. The number of allylic oxidation sites excluding steroid dienone is 2. The molecule has 4 nitrogen and oxygen atoms in total. The predicted octanol–water partition coefficient (Wildman–Crippen LogP) is 4.53. The van der Waals surface area contributed by atoms with Crippen molar-refractivity contribution < 1.29 is 19.1 Å². The number of esters is 1. The van der Waals surface area contributed by atoms with E-state index in [4.69, 9.17) is 0 Å². The lowest BCUT2D eigenvalue weighted by atomic mass is 9.89. The summed E-state index contributed by atoms with van der Waals surface area (Å²) in [6, 6.07) is 9.19. The Bertz CT molecular complexity index is 633. The molecule has 1 aromatic carbocycles. The third-order valence-electron chi connectivity index (χ3n) is 5.08. The molecule has 2 unspecified atom stereocenters. The zero-order valence-corrected chi connectivity index (χ0v) is 15.5. The van der Waals surface area contributed by atoms with Crippen molar-refractivity contribution in [3.05, 3.63) is 48.0 Å². The quantitative estimate of drug-likeness (QED) is 0.267. The minimum absolute atomic E-state index is 0.00786. The molecule has 0 heterocycles. The second-order valence-electron chi connectivity index (χ2n) is 6.89. The van der Waals surface area contributed by atoms with Gasteiger partial charge < -0.3 is 4.74 Å². The summed E-state index contributed by atoms with van der Waals surface area (Å²) in [6.45, 7) is 0. The van der Waals surface area contributed by atoms with Gasteiger partial charge in [0.1, 0.15) is 5.78 Å². The molecule has 1 aromatic rings. The first-order chi connectivity index (χ1) is 12.6. The molecule has 0 radical (unpaired) electrons. The number of unbranched alkanes of at least 4 members (excludes halogenated alkanes) is 3. The van der Waals surface area contributed by atoms with E-state index in [1.807, 2.05) is 24.3 Å². The average Bonchev–Trinajstić information content (AvgIpc) is 3.02. The van der Waals surface area contributed by atoms with Gasteiger partial charge in [-0.1, -0.05) is 55.7 Å². The maximum Gasteiger partial charge on any atom is 0.305 e. The Morgan fingerprint density at radius 1 is 1.12 bits per heavy atom. The number of Topliss-reactive ketones (excluding diaryl/α,β-unsaturated/α-hetero) is 1. The fourth-order valence-electron chi connectivity index (χ4n) is 3.54. The first-order valence-electron chi connectivity index (χ1n) is 9.49. The van der Waals surface area contributed by atoms with Crippen molar-refractivity contribution in [1.82, 2.24) is 0 Å². The molecule has 0 spiro atoms. The van der Waals surface area contributed by atoms with Crippen LogP contribution in [0.2, 0.25) is 0 Å². The van der Waals surface area contributed by atoms with E-state index < -0.39 is 0 Å². The molecule has 4 heteroatoms. The van der Waals surface area contributed by atoms with Gasteiger partial charge in [-0.25, -0.2) is 0 Å². The van der Waals surface area contributed by atoms with Crippen molar-refractivity contribution in [2.75, 3.05) is 7.11 Å². The molecule has 0 amide bonds. The molecule has 0 saturated heterocycles. The largest absolute Gasteiger partial charge is 0.469 e. The maximum atomic E-state index is 12.2. The molecule has 0 aromatic heterocycles. The lowest BCUT2D eigenvalue weighted by Gasteiger charge is -2.14. The van der Waals surface area contributed by atoms with Crippen LogP contribution < -0.4 is 0 Å². The molecule has 26 heavy (non-hydrogen) atoms. The average molecular weight is 356 g/mol. The van der Waals surface area contributed by atoms with Crippen molar-refractivity contribution >= 4 is 17.5 Å². The number of rotatable bonds is 10. The van der Waals surface area contributed by atoms with Gasteiger partial charge >= 0.3 is 5.97 Å².